The summed E-state index contributed by atoms with van der Waals surface area (Å²) in [7, 11) is 0. The maximum atomic E-state index is 11.6. The lowest BCUT2D eigenvalue weighted by Crippen LogP contribution is -2.31. The molecule has 0 bridgehead atoms. The van der Waals surface area contributed by atoms with Crippen LogP contribution in [0.2, 0.25) is 0 Å². The number of aromatic nitrogens is 2. The number of amides is 1. The Morgan fingerprint density at radius 3 is 2.46 bits per heavy atom. The van der Waals surface area contributed by atoms with Crippen molar-refractivity contribution in [2.24, 2.45) is 0 Å². The second-order valence-corrected chi connectivity index (χ2v) is 2.48. The summed E-state index contributed by atoms with van der Waals surface area (Å²) < 4.78 is 4.33. The van der Waals surface area contributed by atoms with Crippen molar-refractivity contribution < 1.29 is 9.42 Å². The average Bonchev–Trinajstić information content (AvgIpc) is 2.53. The molecule has 0 unspecified atom stereocenters. The van der Waals surface area contributed by atoms with Crippen LogP contribution in [-0.4, -0.2) is 34.2 Å². The molecular weight excluding hydrogens is 172 g/mol. The molecule has 1 aromatic rings. The lowest BCUT2D eigenvalue weighted by Gasteiger charge is -2.16. The highest BCUT2D eigenvalue weighted by Crippen LogP contribution is 2.07. The predicted octanol–water partition coefficient (Wildman–Crippen LogP) is 0.134. The first kappa shape index (κ1) is 9.50. The summed E-state index contributed by atoms with van der Waals surface area (Å²) in [6.45, 7) is 4.99. The van der Waals surface area contributed by atoms with Gasteiger partial charge in [0.05, 0.1) is 0 Å². The Kier molecular flexibility index (Phi) is 2.84. The molecule has 13 heavy (non-hydrogen) atoms. The van der Waals surface area contributed by atoms with Crippen molar-refractivity contribution in [3.05, 3.63) is 5.69 Å². The lowest BCUT2D eigenvalue weighted by atomic mass is 10.3. The van der Waals surface area contributed by atoms with Gasteiger partial charge in [-0.05, 0) is 24.2 Å². The fourth-order valence-electron chi connectivity index (χ4n) is 1.00. The van der Waals surface area contributed by atoms with Crippen LogP contribution in [0.15, 0.2) is 4.63 Å². The van der Waals surface area contributed by atoms with E-state index in [0.717, 1.165) is 0 Å². The van der Waals surface area contributed by atoms with Crippen molar-refractivity contribution in [3.63, 3.8) is 0 Å². The SMILES string of the molecule is CCN(CC)C(=O)c1nonc1N. The van der Waals surface area contributed by atoms with E-state index in [1.807, 2.05) is 13.8 Å². The standard InChI is InChI=1S/C7H12N4O2/c1-3-11(4-2)7(12)5-6(8)10-13-9-5/h3-4H2,1-2H3,(H2,8,10). The van der Waals surface area contributed by atoms with E-state index < -0.39 is 0 Å². The van der Waals surface area contributed by atoms with E-state index in [-0.39, 0.29) is 17.4 Å². The summed E-state index contributed by atoms with van der Waals surface area (Å²) >= 11 is 0. The molecule has 0 saturated heterocycles. The van der Waals surface area contributed by atoms with Gasteiger partial charge >= 0.3 is 0 Å². The summed E-state index contributed by atoms with van der Waals surface area (Å²) in [6, 6.07) is 0. The van der Waals surface area contributed by atoms with Crippen molar-refractivity contribution in [2.75, 3.05) is 18.8 Å². The third kappa shape index (κ3) is 1.77. The summed E-state index contributed by atoms with van der Waals surface area (Å²) in [6.07, 6.45) is 0. The van der Waals surface area contributed by atoms with Crippen LogP contribution >= 0.6 is 0 Å². The second kappa shape index (κ2) is 3.88. The van der Waals surface area contributed by atoms with Gasteiger partial charge in [0, 0.05) is 13.1 Å². The maximum absolute atomic E-state index is 11.6. The zero-order valence-corrected chi connectivity index (χ0v) is 7.65. The van der Waals surface area contributed by atoms with Gasteiger partial charge in [-0.1, -0.05) is 0 Å². The third-order valence-electron chi connectivity index (χ3n) is 1.77. The van der Waals surface area contributed by atoms with Crippen LogP contribution < -0.4 is 5.73 Å². The Bertz CT molecular complexity index is 292. The number of rotatable bonds is 3. The number of anilines is 1. The van der Waals surface area contributed by atoms with Gasteiger partial charge in [0.15, 0.2) is 0 Å². The minimum absolute atomic E-state index is 0.0388. The summed E-state index contributed by atoms with van der Waals surface area (Å²) in [5.74, 6) is -0.208. The van der Waals surface area contributed by atoms with Crippen LogP contribution in [0.4, 0.5) is 5.82 Å². The smallest absolute Gasteiger partial charge is 0.280 e. The number of carbonyl (C=O) groups is 1. The van der Waals surface area contributed by atoms with E-state index in [9.17, 15) is 4.79 Å². The molecule has 0 aliphatic carbocycles. The van der Waals surface area contributed by atoms with Gasteiger partial charge in [-0.15, -0.1) is 0 Å². The molecule has 0 spiro atoms. The van der Waals surface area contributed by atoms with Crippen molar-refractivity contribution in [1.29, 1.82) is 0 Å². The average molecular weight is 184 g/mol. The number of nitrogens with two attached hydrogens (primary N) is 1. The zero-order valence-electron chi connectivity index (χ0n) is 7.65. The second-order valence-electron chi connectivity index (χ2n) is 2.48. The molecule has 0 aliphatic rings. The molecule has 0 aliphatic heterocycles. The van der Waals surface area contributed by atoms with Crippen molar-refractivity contribution >= 4 is 11.7 Å². The number of carbonyl (C=O) groups excluding carboxylic acids is 1. The van der Waals surface area contributed by atoms with Gasteiger partial charge in [0.25, 0.3) is 5.91 Å². The van der Waals surface area contributed by atoms with Crippen LogP contribution in [0, 0.1) is 0 Å². The number of hydrogen-bond acceptors (Lipinski definition) is 5. The van der Waals surface area contributed by atoms with Gasteiger partial charge in [-0.3, -0.25) is 4.79 Å². The fourth-order valence-corrected chi connectivity index (χ4v) is 1.00. The van der Waals surface area contributed by atoms with Crippen molar-refractivity contribution in [1.82, 2.24) is 15.2 Å². The molecule has 1 amide bonds. The fraction of sp³-hybridized carbons (Fsp3) is 0.571. The minimum atomic E-state index is -0.247. The molecule has 72 valence electrons. The molecule has 1 aromatic heterocycles. The Morgan fingerprint density at radius 1 is 1.46 bits per heavy atom. The van der Waals surface area contributed by atoms with Crippen LogP contribution in [0.25, 0.3) is 0 Å². The first-order chi connectivity index (χ1) is 6.20. The minimum Gasteiger partial charge on any atom is -0.379 e. The zero-order chi connectivity index (χ0) is 9.84. The van der Waals surface area contributed by atoms with Gasteiger partial charge in [0.2, 0.25) is 11.5 Å². The molecule has 0 atom stereocenters. The van der Waals surface area contributed by atoms with Gasteiger partial charge in [0.1, 0.15) is 0 Å². The topological polar surface area (TPSA) is 85.2 Å². The Labute approximate surface area is 75.7 Å². The lowest BCUT2D eigenvalue weighted by molar-refractivity contribution is 0.0762. The van der Waals surface area contributed by atoms with Crippen LogP contribution in [0.3, 0.4) is 0 Å². The van der Waals surface area contributed by atoms with E-state index in [4.69, 9.17) is 5.73 Å². The Hall–Kier alpha value is -1.59. The molecule has 0 fully saturated rings. The van der Waals surface area contributed by atoms with Gasteiger partial charge in [-0.25, -0.2) is 4.63 Å². The molecular formula is C7H12N4O2. The molecule has 0 radical (unpaired) electrons. The number of nitrogen functional groups attached to an aromatic ring is 1. The maximum Gasteiger partial charge on any atom is 0.280 e. The van der Waals surface area contributed by atoms with E-state index in [1.54, 1.807) is 4.90 Å². The van der Waals surface area contributed by atoms with Crippen LogP contribution in [-0.2, 0) is 0 Å². The number of hydrogen-bond donors (Lipinski definition) is 1. The quantitative estimate of drug-likeness (QED) is 0.721. The normalized spacial score (nSPS) is 10.0. The largest absolute Gasteiger partial charge is 0.379 e. The Morgan fingerprint density at radius 2 is 2.08 bits per heavy atom. The molecule has 1 rings (SSSR count). The van der Waals surface area contributed by atoms with E-state index in [1.165, 1.54) is 0 Å². The van der Waals surface area contributed by atoms with Gasteiger partial charge < -0.3 is 10.6 Å². The predicted molar refractivity (Wildman–Crippen MR) is 46.0 cm³/mol. The summed E-state index contributed by atoms with van der Waals surface area (Å²) in [4.78, 5) is 13.2. The highest BCUT2D eigenvalue weighted by atomic mass is 16.6. The molecule has 6 nitrogen and oxygen atoms in total. The molecule has 0 aromatic carbocycles. The third-order valence-corrected chi connectivity index (χ3v) is 1.77. The van der Waals surface area contributed by atoms with Crippen molar-refractivity contribution in [2.45, 2.75) is 13.8 Å². The summed E-state index contributed by atoms with van der Waals surface area (Å²) in [5, 5.41) is 6.76. The van der Waals surface area contributed by atoms with Crippen LogP contribution in [0.1, 0.15) is 24.3 Å². The molecule has 0 saturated carbocycles. The molecule has 6 heteroatoms. The van der Waals surface area contributed by atoms with E-state index >= 15 is 0 Å². The van der Waals surface area contributed by atoms with Crippen molar-refractivity contribution in [3.8, 4) is 0 Å². The highest BCUT2D eigenvalue weighted by molar-refractivity contribution is 5.95. The van der Waals surface area contributed by atoms with E-state index in [0.29, 0.717) is 13.1 Å². The first-order valence-corrected chi connectivity index (χ1v) is 4.08. The highest BCUT2D eigenvalue weighted by Gasteiger charge is 2.20. The first-order valence-electron chi connectivity index (χ1n) is 4.08. The molecule has 1 heterocycles. The van der Waals surface area contributed by atoms with Crippen LogP contribution in [0.5, 0.6) is 0 Å². The monoisotopic (exact) mass is 184 g/mol. The summed E-state index contributed by atoms with van der Waals surface area (Å²) in [5.41, 5.74) is 5.46. The van der Waals surface area contributed by atoms with E-state index in [2.05, 4.69) is 14.9 Å². The Balaban J connectivity index is 2.84. The molecule has 2 N–H and O–H groups in total. The van der Waals surface area contributed by atoms with Gasteiger partial charge in [-0.2, -0.15) is 0 Å². The number of nitrogens with zero attached hydrogens (tertiary/aromatic N) is 3.